The van der Waals surface area contributed by atoms with E-state index in [0.29, 0.717) is 32.1 Å². The zero-order valence-corrected chi connectivity index (χ0v) is 14.4. The summed E-state index contributed by atoms with van der Waals surface area (Å²) in [4.78, 5) is 15.7. The average molecular weight is 314 g/mol. The predicted octanol–water partition coefficient (Wildman–Crippen LogP) is 1.06. The molecule has 0 radical (unpaired) electrons. The largest absolute Gasteiger partial charge is 0.444 e. The van der Waals surface area contributed by atoms with Crippen LogP contribution in [-0.2, 0) is 4.74 Å². The standard InChI is InChI=1S/C16H30N2O4/c1-11(2)6-16(21)9-18(10-16)12-7-17(8-13(12)19)14(20)22-15(3,4)5/h11-13,19,21H,6-10H2,1-5H3/t12-,13-/m1/s1. The van der Waals surface area contributed by atoms with Gasteiger partial charge in [-0.1, -0.05) is 13.8 Å². The van der Waals surface area contributed by atoms with E-state index in [2.05, 4.69) is 18.7 Å². The minimum atomic E-state index is -0.646. The molecule has 0 spiro atoms. The first kappa shape index (κ1) is 17.5. The van der Waals surface area contributed by atoms with Crippen LogP contribution in [0.1, 0.15) is 41.0 Å². The highest BCUT2D eigenvalue weighted by molar-refractivity contribution is 5.68. The number of β-amino-alcohol motifs (C(OH)–C–C–N with tert-alkyl or cyclic N) is 2. The van der Waals surface area contributed by atoms with Gasteiger partial charge in [0.05, 0.1) is 24.3 Å². The molecule has 22 heavy (non-hydrogen) atoms. The molecule has 1 amide bonds. The molecule has 0 aromatic heterocycles. The molecule has 2 aliphatic heterocycles. The number of likely N-dealkylation sites (tertiary alicyclic amines) is 2. The van der Waals surface area contributed by atoms with Crippen molar-refractivity contribution in [2.75, 3.05) is 26.2 Å². The minimum absolute atomic E-state index is 0.111. The van der Waals surface area contributed by atoms with E-state index >= 15 is 0 Å². The van der Waals surface area contributed by atoms with Crippen molar-refractivity contribution in [2.45, 2.75) is 64.4 Å². The average Bonchev–Trinajstić information content (AvgIpc) is 2.64. The summed E-state index contributed by atoms with van der Waals surface area (Å²) >= 11 is 0. The molecule has 0 aromatic carbocycles. The fourth-order valence-electron chi connectivity index (χ4n) is 3.44. The maximum atomic E-state index is 12.1. The van der Waals surface area contributed by atoms with Gasteiger partial charge in [-0.05, 0) is 33.1 Å². The van der Waals surface area contributed by atoms with Gasteiger partial charge >= 0.3 is 6.09 Å². The Bertz CT molecular complexity index is 413. The van der Waals surface area contributed by atoms with Crippen LogP contribution in [0.15, 0.2) is 0 Å². The van der Waals surface area contributed by atoms with Crippen molar-refractivity contribution in [3.05, 3.63) is 0 Å². The number of hydrogen-bond acceptors (Lipinski definition) is 5. The SMILES string of the molecule is CC(C)CC1(O)CN([C@@H]2CN(C(=O)OC(C)(C)C)C[C@H]2O)C1. The Kier molecular flexibility index (Phi) is 4.76. The molecule has 128 valence electrons. The number of amides is 1. The number of aliphatic hydroxyl groups is 2. The summed E-state index contributed by atoms with van der Waals surface area (Å²) in [5, 5.41) is 20.6. The first-order chi connectivity index (χ1) is 9.99. The van der Waals surface area contributed by atoms with E-state index in [0.717, 1.165) is 6.42 Å². The van der Waals surface area contributed by atoms with Crippen LogP contribution < -0.4 is 0 Å². The molecule has 0 aromatic rings. The van der Waals surface area contributed by atoms with E-state index in [1.165, 1.54) is 0 Å². The third-order valence-corrected chi connectivity index (χ3v) is 4.16. The summed E-state index contributed by atoms with van der Waals surface area (Å²) in [7, 11) is 0. The lowest BCUT2D eigenvalue weighted by Crippen LogP contribution is -2.67. The minimum Gasteiger partial charge on any atom is -0.444 e. The van der Waals surface area contributed by atoms with E-state index in [4.69, 9.17) is 4.74 Å². The molecule has 6 heteroatoms. The van der Waals surface area contributed by atoms with Crippen LogP contribution in [0.2, 0.25) is 0 Å². The smallest absolute Gasteiger partial charge is 0.410 e. The molecule has 2 atom stereocenters. The molecule has 0 saturated carbocycles. The highest BCUT2D eigenvalue weighted by Gasteiger charge is 2.49. The summed E-state index contributed by atoms with van der Waals surface area (Å²) in [6.07, 6.45) is -0.203. The van der Waals surface area contributed by atoms with E-state index in [9.17, 15) is 15.0 Å². The van der Waals surface area contributed by atoms with Gasteiger partial charge in [-0.3, -0.25) is 4.90 Å². The van der Waals surface area contributed by atoms with Gasteiger partial charge in [0.25, 0.3) is 0 Å². The van der Waals surface area contributed by atoms with Crippen molar-refractivity contribution in [3.8, 4) is 0 Å². The van der Waals surface area contributed by atoms with Gasteiger partial charge < -0.3 is 19.8 Å². The number of ether oxygens (including phenoxy) is 1. The fraction of sp³-hybridized carbons (Fsp3) is 0.938. The quantitative estimate of drug-likeness (QED) is 0.815. The van der Waals surface area contributed by atoms with Gasteiger partial charge in [0.2, 0.25) is 0 Å². The maximum absolute atomic E-state index is 12.1. The molecule has 2 rings (SSSR count). The van der Waals surface area contributed by atoms with Crippen molar-refractivity contribution < 1.29 is 19.7 Å². The zero-order valence-electron chi connectivity index (χ0n) is 14.4. The summed E-state index contributed by atoms with van der Waals surface area (Å²) in [5.74, 6) is 0.443. The lowest BCUT2D eigenvalue weighted by molar-refractivity contribution is -0.134. The maximum Gasteiger partial charge on any atom is 0.410 e. The zero-order chi connectivity index (χ0) is 16.7. The van der Waals surface area contributed by atoms with Crippen LogP contribution in [0.4, 0.5) is 4.79 Å². The van der Waals surface area contributed by atoms with Crippen molar-refractivity contribution in [1.82, 2.24) is 9.80 Å². The molecule has 2 aliphatic rings. The third-order valence-electron chi connectivity index (χ3n) is 4.16. The molecule has 0 bridgehead atoms. The Morgan fingerprint density at radius 1 is 1.32 bits per heavy atom. The molecule has 6 nitrogen and oxygen atoms in total. The second-order valence-electron chi connectivity index (χ2n) is 8.25. The van der Waals surface area contributed by atoms with Crippen LogP contribution >= 0.6 is 0 Å². The fourth-order valence-corrected chi connectivity index (χ4v) is 3.44. The second kappa shape index (κ2) is 5.98. The Morgan fingerprint density at radius 2 is 1.91 bits per heavy atom. The Morgan fingerprint density at radius 3 is 2.41 bits per heavy atom. The van der Waals surface area contributed by atoms with Crippen LogP contribution in [0.5, 0.6) is 0 Å². The molecule has 0 aliphatic carbocycles. The summed E-state index contributed by atoms with van der Waals surface area (Å²) in [6.45, 7) is 11.5. The number of rotatable bonds is 3. The number of hydrogen-bond donors (Lipinski definition) is 2. The van der Waals surface area contributed by atoms with Crippen molar-refractivity contribution in [1.29, 1.82) is 0 Å². The Balaban J connectivity index is 1.87. The van der Waals surface area contributed by atoms with Crippen LogP contribution in [0.25, 0.3) is 0 Å². The summed E-state index contributed by atoms with van der Waals surface area (Å²) in [5.41, 5.74) is -1.18. The van der Waals surface area contributed by atoms with Crippen LogP contribution in [0, 0.1) is 5.92 Å². The van der Waals surface area contributed by atoms with Crippen molar-refractivity contribution >= 4 is 6.09 Å². The predicted molar refractivity (Wildman–Crippen MR) is 83.6 cm³/mol. The normalized spacial score (nSPS) is 28.8. The topological polar surface area (TPSA) is 73.2 Å². The van der Waals surface area contributed by atoms with Gasteiger partial charge in [-0.2, -0.15) is 0 Å². The van der Waals surface area contributed by atoms with E-state index in [-0.39, 0.29) is 12.1 Å². The first-order valence-corrected chi connectivity index (χ1v) is 8.11. The van der Waals surface area contributed by atoms with Crippen molar-refractivity contribution in [3.63, 3.8) is 0 Å². The molecule has 2 heterocycles. The monoisotopic (exact) mass is 314 g/mol. The molecular formula is C16H30N2O4. The number of carbonyl (C=O) groups is 1. The van der Waals surface area contributed by atoms with Crippen molar-refractivity contribution in [2.24, 2.45) is 5.92 Å². The Labute approximate surface area is 133 Å². The molecular weight excluding hydrogens is 284 g/mol. The van der Waals surface area contributed by atoms with E-state index in [1.807, 2.05) is 20.8 Å². The lowest BCUT2D eigenvalue weighted by Gasteiger charge is -2.50. The summed E-state index contributed by atoms with van der Waals surface area (Å²) in [6, 6.07) is -0.111. The Hall–Kier alpha value is -0.850. The molecule has 2 N–H and O–H groups in total. The number of aliphatic hydroxyl groups excluding tert-OH is 1. The highest BCUT2D eigenvalue weighted by Crippen LogP contribution is 2.32. The van der Waals surface area contributed by atoms with Gasteiger partial charge in [0, 0.05) is 19.6 Å². The first-order valence-electron chi connectivity index (χ1n) is 8.11. The van der Waals surface area contributed by atoms with Gasteiger partial charge in [0.1, 0.15) is 5.60 Å². The van der Waals surface area contributed by atoms with Gasteiger partial charge in [-0.25, -0.2) is 4.79 Å². The highest BCUT2D eigenvalue weighted by atomic mass is 16.6. The summed E-state index contributed by atoms with van der Waals surface area (Å²) < 4.78 is 5.35. The molecule has 0 unspecified atom stereocenters. The third kappa shape index (κ3) is 4.12. The lowest BCUT2D eigenvalue weighted by atomic mass is 9.84. The second-order valence-corrected chi connectivity index (χ2v) is 8.25. The molecule has 2 saturated heterocycles. The van der Waals surface area contributed by atoms with Crippen LogP contribution in [-0.4, -0.2) is 75.6 Å². The number of carbonyl (C=O) groups excluding carboxylic acids is 1. The molecule has 2 fully saturated rings. The van der Waals surface area contributed by atoms with E-state index < -0.39 is 17.3 Å². The van der Waals surface area contributed by atoms with Crippen LogP contribution in [0.3, 0.4) is 0 Å². The van der Waals surface area contributed by atoms with E-state index in [1.54, 1.807) is 4.90 Å². The number of nitrogens with zero attached hydrogens (tertiary/aromatic N) is 2. The van der Waals surface area contributed by atoms with Gasteiger partial charge in [-0.15, -0.1) is 0 Å². The van der Waals surface area contributed by atoms with Gasteiger partial charge in [0.15, 0.2) is 0 Å².